The van der Waals surface area contributed by atoms with Gasteiger partial charge in [0.25, 0.3) is 6.01 Å². The number of anilines is 2. The largest absolute Gasteiger partial charge is 0.493 e. The van der Waals surface area contributed by atoms with E-state index in [1.54, 1.807) is 40.4 Å². The molecule has 1 unspecified atom stereocenters. The van der Waals surface area contributed by atoms with Crippen molar-refractivity contribution in [2.24, 2.45) is 5.73 Å². The molecule has 0 bridgehead atoms. The van der Waals surface area contributed by atoms with E-state index < -0.39 is 0 Å². The summed E-state index contributed by atoms with van der Waals surface area (Å²) in [6.45, 7) is 1.79. The van der Waals surface area contributed by atoms with Gasteiger partial charge in [-0.1, -0.05) is 36.4 Å². The summed E-state index contributed by atoms with van der Waals surface area (Å²) in [6, 6.07) is 17.3. The first-order valence-electron chi connectivity index (χ1n) is 10.3. The first-order valence-corrected chi connectivity index (χ1v) is 10.3. The van der Waals surface area contributed by atoms with E-state index in [0.29, 0.717) is 40.1 Å². The zero-order chi connectivity index (χ0) is 23.5. The van der Waals surface area contributed by atoms with Crippen molar-refractivity contribution in [2.75, 3.05) is 26.6 Å². The Morgan fingerprint density at radius 3 is 2.24 bits per heavy atom. The van der Waals surface area contributed by atoms with E-state index in [0.717, 1.165) is 16.7 Å². The summed E-state index contributed by atoms with van der Waals surface area (Å²) in [5.41, 5.74) is 10.1. The molecule has 0 aliphatic carbocycles. The van der Waals surface area contributed by atoms with E-state index >= 15 is 0 Å². The molecule has 8 heteroatoms. The molecule has 0 radical (unpaired) electrons. The third-order valence-electron chi connectivity index (χ3n) is 5.48. The lowest BCUT2D eigenvalue weighted by atomic mass is 9.97. The molecule has 8 nitrogen and oxygen atoms in total. The summed E-state index contributed by atoms with van der Waals surface area (Å²) in [5.74, 6) is 0.819. The van der Waals surface area contributed by atoms with E-state index in [-0.39, 0.29) is 11.8 Å². The zero-order valence-corrected chi connectivity index (χ0v) is 18.8. The Balaban J connectivity index is 1.68. The van der Waals surface area contributed by atoms with Gasteiger partial charge in [-0.15, -0.1) is 0 Å². The first kappa shape index (κ1) is 22.0. The average molecular weight is 447 g/mol. The quantitative estimate of drug-likeness (QED) is 0.397. The zero-order valence-electron chi connectivity index (χ0n) is 18.8. The van der Waals surface area contributed by atoms with Crippen LogP contribution in [0.25, 0.3) is 22.2 Å². The number of hydrogen-bond acceptors (Lipinski definition) is 7. The summed E-state index contributed by atoms with van der Waals surface area (Å²) in [7, 11) is 4.67. The number of hydrogen-bond donors (Lipinski definition) is 2. The predicted octanol–water partition coefficient (Wildman–Crippen LogP) is 4.85. The number of amides is 1. The number of ether oxygens (including phenoxy) is 3. The number of nitrogens with two attached hydrogens (primary N) is 1. The minimum atomic E-state index is -0.359. The Kier molecular flexibility index (Phi) is 6.08. The molecule has 3 aromatic carbocycles. The van der Waals surface area contributed by atoms with Gasteiger partial charge in [0.05, 0.1) is 27.2 Å². The van der Waals surface area contributed by atoms with Crippen molar-refractivity contribution in [2.45, 2.75) is 12.8 Å². The van der Waals surface area contributed by atoms with E-state index in [1.165, 1.54) is 0 Å². The van der Waals surface area contributed by atoms with Gasteiger partial charge in [-0.05, 0) is 24.1 Å². The molecule has 0 saturated carbocycles. The Morgan fingerprint density at radius 2 is 1.67 bits per heavy atom. The van der Waals surface area contributed by atoms with Crippen molar-refractivity contribution >= 4 is 28.7 Å². The summed E-state index contributed by atoms with van der Waals surface area (Å²) in [4.78, 5) is 16.0. The van der Waals surface area contributed by atoms with Crippen molar-refractivity contribution in [3.63, 3.8) is 0 Å². The fourth-order valence-corrected chi connectivity index (χ4v) is 3.62. The molecule has 1 heterocycles. The van der Waals surface area contributed by atoms with E-state index in [1.807, 2.05) is 42.5 Å². The van der Waals surface area contributed by atoms with Crippen LogP contribution in [0.5, 0.6) is 17.2 Å². The van der Waals surface area contributed by atoms with Crippen molar-refractivity contribution in [3.8, 4) is 28.4 Å². The number of para-hydroxylation sites is 1. The standard InChI is InChI=1S/C25H25N3O5/c1-14(24(26)29)15-8-10-16(11-9-15)18-6-5-7-19-22(18)33-25(28-19)27-17-12-20(30-2)23(32-4)21(13-17)31-3/h5-14H,1-4H3,(H2,26,29)(H,27,28). The lowest BCUT2D eigenvalue weighted by Crippen LogP contribution is -2.18. The molecule has 0 spiro atoms. The van der Waals surface area contributed by atoms with Gasteiger partial charge in [0.2, 0.25) is 11.7 Å². The second-order valence-electron chi connectivity index (χ2n) is 7.46. The molecule has 4 aromatic rings. The second-order valence-corrected chi connectivity index (χ2v) is 7.46. The molecule has 4 rings (SSSR count). The van der Waals surface area contributed by atoms with Gasteiger partial charge in [-0.2, -0.15) is 4.98 Å². The van der Waals surface area contributed by atoms with Crippen LogP contribution < -0.4 is 25.3 Å². The fourth-order valence-electron chi connectivity index (χ4n) is 3.62. The molecule has 0 saturated heterocycles. The monoisotopic (exact) mass is 447 g/mol. The Labute approximate surface area is 191 Å². The number of nitrogens with zero attached hydrogens (tertiary/aromatic N) is 1. The Bertz CT molecular complexity index is 1270. The van der Waals surface area contributed by atoms with Gasteiger partial charge in [0.15, 0.2) is 17.1 Å². The molecule has 0 fully saturated rings. The smallest absolute Gasteiger partial charge is 0.300 e. The number of aromatic nitrogens is 1. The molecule has 33 heavy (non-hydrogen) atoms. The van der Waals surface area contributed by atoms with Gasteiger partial charge < -0.3 is 29.7 Å². The molecule has 1 aromatic heterocycles. The van der Waals surface area contributed by atoms with Crippen LogP contribution in [-0.4, -0.2) is 32.2 Å². The van der Waals surface area contributed by atoms with Crippen LogP contribution in [0.15, 0.2) is 59.0 Å². The summed E-state index contributed by atoms with van der Waals surface area (Å²) >= 11 is 0. The van der Waals surface area contributed by atoms with Gasteiger partial charge in [0, 0.05) is 23.4 Å². The molecule has 1 atom stereocenters. The number of oxazole rings is 1. The van der Waals surface area contributed by atoms with Crippen molar-refractivity contribution in [3.05, 3.63) is 60.2 Å². The van der Waals surface area contributed by atoms with Crippen LogP contribution in [0.3, 0.4) is 0 Å². The summed E-state index contributed by atoms with van der Waals surface area (Å²) in [5, 5.41) is 3.16. The summed E-state index contributed by atoms with van der Waals surface area (Å²) in [6.07, 6.45) is 0. The highest BCUT2D eigenvalue weighted by atomic mass is 16.5. The van der Waals surface area contributed by atoms with Gasteiger partial charge in [-0.25, -0.2) is 0 Å². The minimum absolute atomic E-state index is 0.325. The van der Waals surface area contributed by atoms with Crippen LogP contribution in [0.2, 0.25) is 0 Å². The van der Waals surface area contributed by atoms with E-state index in [9.17, 15) is 4.79 Å². The molecule has 1 amide bonds. The highest BCUT2D eigenvalue weighted by molar-refractivity contribution is 5.91. The Morgan fingerprint density at radius 1 is 1.00 bits per heavy atom. The van der Waals surface area contributed by atoms with Gasteiger partial charge in [0.1, 0.15) is 5.52 Å². The maximum atomic E-state index is 11.5. The number of rotatable bonds is 8. The van der Waals surface area contributed by atoms with Crippen molar-refractivity contribution in [1.82, 2.24) is 4.98 Å². The lowest BCUT2D eigenvalue weighted by molar-refractivity contribution is -0.119. The van der Waals surface area contributed by atoms with E-state index in [4.69, 9.17) is 24.4 Å². The summed E-state index contributed by atoms with van der Waals surface area (Å²) < 4.78 is 22.3. The van der Waals surface area contributed by atoms with E-state index in [2.05, 4.69) is 10.3 Å². The van der Waals surface area contributed by atoms with Gasteiger partial charge >= 0.3 is 0 Å². The molecule has 0 aliphatic heterocycles. The number of nitrogens with one attached hydrogen (secondary N) is 1. The maximum absolute atomic E-state index is 11.5. The minimum Gasteiger partial charge on any atom is -0.493 e. The first-order chi connectivity index (χ1) is 15.9. The van der Waals surface area contributed by atoms with Crippen molar-refractivity contribution < 1.29 is 23.4 Å². The van der Waals surface area contributed by atoms with Crippen LogP contribution in [0.1, 0.15) is 18.4 Å². The Hall–Kier alpha value is -4.20. The van der Waals surface area contributed by atoms with Crippen LogP contribution >= 0.6 is 0 Å². The number of primary amides is 1. The number of carbonyl (C=O) groups is 1. The van der Waals surface area contributed by atoms with Crippen molar-refractivity contribution in [1.29, 1.82) is 0 Å². The lowest BCUT2D eigenvalue weighted by Gasteiger charge is -2.14. The maximum Gasteiger partial charge on any atom is 0.300 e. The van der Waals surface area contributed by atoms with Gasteiger partial charge in [-0.3, -0.25) is 4.79 Å². The third kappa shape index (κ3) is 4.27. The SMILES string of the molecule is COc1cc(Nc2nc3cccc(-c4ccc(C(C)C(N)=O)cc4)c3o2)cc(OC)c1OC. The number of benzene rings is 3. The molecule has 3 N–H and O–H groups in total. The molecule has 170 valence electrons. The number of methoxy groups -OCH3 is 3. The number of carbonyl (C=O) groups excluding carboxylic acids is 1. The molecule has 0 aliphatic rings. The van der Waals surface area contributed by atoms with Crippen LogP contribution in [0, 0.1) is 0 Å². The predicted molar refractivity (Wildman–Crippen MR) is 126 cm³/mol. The molecular formula is C25H25N3O5. The molecular weight excluding hydrogens is 422 g/mol. The second kappa shape index (κ2) is 9.12. The van der Waals surface area contributed by atoms with Crippen LogP contribution in [-0.2, 0) is 4.79 Å². The third-order valence-corrected chi connectivity index (χ3v) is 5.48. The fraction of sp³-hybridized carbons (Fsp3) is 0.200. The van der Waals surface area contributed by atoms with Crippen LogP contribution in [0.4, 0.5) is 11.7 Å². The highest BCUT2D eigenvalue weighted by Gasteiger charge is 2.17. The topological polar surface area (TPSA) is 109 Å². The highest BCUT2D eigenvalue weighted by Crippen LogP contribution is 2.41. The average Bonchev–Trinajstić information content (AvgIpc) is 3.25. The number of fused-ring (bicyclic) bond motifs is 1. The normalized spacial score (nSPS) is 11.8.